The fraction of sp³-hybridized carbons (Fsp3) is 0.0526. The molecule has 28 heavy (non-hydrogen) atoms. The lowest BCUT2D eigenvalue weighted by atomic mass is 10.2. The van der Waals surface area contributed by atoms with Gasteiger partial charge in [-0.2, -0.15) is 0 Å². The zero-order valence-electron chi connectivity index (χ0n) is 14.6. The molecule has 1 heterocycles. The minimum Gasteiger partial charge on any atom is -0.465 e. The van der Waals surface area contributed by atoms with Gasteiger partial charge in [0.25, 0.3) is 5.91 Å². The molecule has 0 aliphatic heterocycles. The predicted molar refractivity (Wildman–Crippen MR) is 97.4 cm³/mol. The number of hydrogen-bond donors (Lipinski definition) is 2. The van der Waals surface area contributed by atoms with Crippen LogP contribution in [0.25, 0.3) is 0 Å². The van der Waals surface area contributed by atoms with E-state index in [1.54, 1.807) is 24.3 Å². The lowest BCUT2D eigenvalue weighted by molar-refractivity contribution is 0.0601. The van der Waals surface area contributed by atoms with Crippen LogP contribution in [0.15, 0.2) is 54.6 Å². The van der Waals surface area contributed by atoms with Crippen LogP contribution in [0.5, 0.6) is 0 Å². The SMILES string of the molecule is COC(=O)c1ccccc1Nc1ccc(C(=O)Nc2c(F)cccc2F)nn1. The first-order valence-electron chi connectivity index (χ1n) is 8.03. The largest absolute Gasteiger partial charge is 0.465 e. The summed E-state index contributed by atoms with van der Waals surface area (Å²) in [6.07, 6.45) is 0. The highest BCUT2D eigenvalue weighted by Gasteiger charge is 2.16. The van der Waals surface area contributed by atoms with Crippen LogP contribution >= 0.6 is 0 Å². The Morgan fingerprint density at radius 1 is 0.929 bits per heavy atom. The van der Waals surface area contributed by atoms with Gasteiger partial charge in [-0.05, 0) is 36.4 Å². The van der Waals surface area contributed by atoms with Crippen LogP contribution in [0, 0.1) is 11.6 Å². The smallest absolute Gasteiger partial charge is 0.339 e. The Morgan fingerprint density at radius 2 is 1.64 bits per heavy atom. The van der Waals surface area contributed by atoms with Gasteiger partial charge in [0, 0.05) is 0 Å². The number of methoxy groups -OCH3 is 1. The standard InChI is InChI=1S/C19H14F2N4O3/c1-28-19(27)11-5-2-3-8-14(11)22-16-10-9-15(24-25-16)18(26)23-17-12(20)6-4-7-13(17)21/h2-10H,1H3,(H,22,25)(H,23,26). The quantitative estimate of drug-likeness (QED) is 0.654. The molecular weight excluding hydrogens is 370 g/mol. The molecule has 0 unspecified atom stereocenters. The second-order valence-electron chi connectivity index (χ2n) is 5.52. The topological polar surface area (TPSA) is 93.2 Å². The van der Waals surface area contributed by atoms with Crippen LogP contribution in [0.4, 0.5) is 26.0 Å². The van der Waals surface area contributed by atoms with Gasteiger partial charge in [0.05, 0.1) is 18.4 Å². The van der Waals surface area contributed by atoms with E-state index >= 15 is 0 Å². The first-order chi connectivity index (χ1) is 13.5. The molecule has 2 N–H and O–H groups in total. The highest BCUT2D eigenvalue weighted by Crippen LogP contribution is 2.21. The van der Waals surface area contributed by atoms with Crippen molar-refractivity contribution in [3.05, 3.63) is 77.5 Å². The van der Waals surface area contributed by atoms with Gasteiger partial charge in [-0.15, -0.1) is 10.2 Å². The van der Waals surface area contributed by atoms with Crippen molar-refractivity contribution in [1.82, 2.24) is 10.2 Å². The molecule has 3 rings (SSSR count). The van der Waals surface area contributed by atoms with E-state index in [1.807, 2.05) is 0 Å². The molecule has 0 spiro atoms. The average Bonchev–Trinajstić information content (AvgIpc) is 2.71. The number of amides is 1. The summed E-state index contributed by atoms with van der Waals surface area (Å²) in [4.78, 5) is 23.9. The lowest BCUT2D eigenvalue weighted by Gasteiger charge is -2.10. The number of rotatable bonds is 5. The minimum absolute atomic E-state index is 0.144. The molecule has 2 aromatic carbocycles. The zero-order valence-corrected chi connectivity index (χ0v) is 14.6. The number of aromatic nitrogens is 2. The fourth-order valence-electron chi connectivity index (χ4n) is 2.33. The fourth-order valence-corrected chi connectivity index (χ4v) is 2.33. The van der Waals surface area contributed by atoms with Crippen molar-refractivity contribution in [3.63, 3.8) is 0 Å². The number of nitrogens with one attached hydrogen (secondary N) is 2. The van der Waals surface area contributed by atoms with Gasteiger partial charge in [0.15, 0.2) is 11.5 Å². The maximum Gasteiger partial charge on any atom is 0.339 e. The average molecular weight is 384 g/mol. The van der Waals surface area contributed by atoms with Crippen molar-refractivity contribution in [2.45, 2.75) is 0 Å². The van der Waals surface area contributed by atoms with Gasteiger partial charge < -0.3 is 15.4 Å². The van der Waals surface area contributed by atoms with Crippen molar-refractivity contribution in [2.24, 2.45) is 0 Å². The second kappa shape index (κ2) is 8.21. The van der Waals surface area contributed by atoms with E-state index in [2.05, 4.69) is 20.8 Å². The maximum atomic E-state index is 13.6. The second-order valence-corrected chi connectivity index (χ2v) is 5.52. The van der Waals surface area contributed by atoms with E-state index in [0.717, 1.165) is 12.1 Å². The van der Waals surface area contributed by atoms with E-state index in [4.69, 9.17) is 4.74 Å². The van der Waals surface area contributed by atoms with Crippen molar-refractivity contribution in [1.29, 1.82) is 0 Å². The monoisotopic (exact) mass is 384 g/mol. The van der Waals surface area contributed by atoms with E-state index in [1.165, 1.54) is 25.3 Å². The summed E-state index contributed by atoms with van der Waals surface area (Å²) < 4.78 is 32.0. The van der Waals surface area contributed by atoms with Crippen LogP contribution in [0.2, 0.25) is 0 Å². The lowest BCUT2D eigenvalue weighted by Crippen LogP contribution is -2.16. The number of esters is 1. The zero-order chi connectivity index (χ0) is 20.1. The highest BCUT2D eigenvalue weighted by molar-refractivity contribution is 6.03. The molecule has 142 valence electrons. The summed E-state index contributed by atoms with van der Waals surface area (Å²) in [5.41, 5.74) is 0.0240. The number of carbonyl (C=O) groups excluding carboxylic acids is 2. The molecule has 0 fully saturated rings. The molecule has 0 saturated heterocycles. The molecule has 0 atom stereocenters. The number of nitrogens with zero attached hydrogens (tertiary/aromatic N) is 2. The van der Waals surface area contributed by atoms with Crippen molar-refractivity contribution in [3.8, 4) is 0 Å². The Balaban J connectivity index is 1.76. The summed E-state index contributed by atoms with van der Waals surface area (Å²) in [6, 6.07) is 12.6. The molecule has 1 amide bonds. The van der Waals surface area contributed by atoms with Gasteiger partial charge in [0.2, 0.25) is 0 Å². The molecule has 1 aromatic heterocycles. The van der Waals surface area contributed by atoms with Crippen molar-refractivity contribution < 1.29 is 23.1 Å². The number of carbonyl (C=O) groups is 2. The normalized spacial score (nSPS) is 10.2. The molecule has 7 nitrogen and oxygen atoms in total. The van der Waals surface area contributed by atoms with E-state index in [-0.39, 0.29) is 11.5 Å². The maximum absolute atomic E-state index is 13.6. The molecule has 3 aromatic rings. The molecule has 0 aliphatic carbocycles. The van der Waals surface area contributed by atoms with Crippen molar-refractivity contribution in [2.75, 3.05) is 17.7 Å². The first kappa shape index (κ1) is 18.9. The van der Waals surface area contributed by atoms with Gasteiger partial charge in [-0.1, -0.05) is 18.2 Å². The number of anilines is 3. The van der Waals surface area contributed by atoms with E-state index in [9.17, 15) is 18.4 Å². The van der Waals surface area contributed by atoms with Gasteiger partial charge in [0.1, 0.15) is 17.3 Å². The Labute approximate surface area is 158 Å². The van der Waals surface area contributed by atoms with Crippen LogP contribution in [0.1, 0.15) is 20.8 Å². The Hall–Kier alpha value is -3.88. The Bertz CT molecular complexity index is 1010. The third-order valence-corrected chi connectivity index (χ3v) is 3.69. The summed E-state index contributed by atoms with van der Waals surface area (Å²) >= 11 is 0. The first-order valence-corrected chi connectivity index (χ1v) is 8.03. The number of para-hydroxylation sites is 2. The van der Waals surface area contributed by atoms with Gasteiger partial charge in [-0.25, -0.2) is 13.6 Å². The summed E-state index contributed by atoms with van der Waals surface area (Å²) in [7, 11) is 1.27. The number of ether oxygens (including phenoxy) is 1. The van der Waals surface area contributed by atoms with Crippen LogP contribution in [-0.4, -0.2) is 29.2 Å². The number of benzene rings is 2. The van der Waals surface area contributed by atoms with Crippen molar-refractivity contribution >= 4 is 29.1 Å². The predicted octanol–water partition coefficient (Wildman–Crippen LogP) is 3.54. The molecular formula is C19H14F2N4O3. The number of halogens is 2. The summed E-state index contributed by atoms with van der Waals surface area (Å²) in [6.45, 7) is 0. The molecule has 9 heteroatoms. The summed E-state index contributed by atoms with van der Waals surface area (Å²) in [5, 5.41) is 12.6. The van der Waals surface area contributed by atoms with E-state index in [0.29, 0.717) is 11.3 Å². The van der Waals surface area contributed by atoms with Crippen LogP contribution < -0.4 is 10.6 Å². The van der Waals surface area contributed by atoms with Gasteiger partial charge in [-0.3, -0.25) is 4.79 Å². The Kier molecular flexibility index (Phi) is 5.54. The molecule has 0 bridgehead atoms. The highest BCUT2D eigenvalue weighted by atomic mass is 19.1. The minimum atomic E-state index is -0.904. The molecule has 0 radical (unpaired) electrons. The van der Waals surface area contributed by atoms with Crippen LogP contribution in [0.3, 0.4) is 0 Å². The summed E-state index contributed by atoms with van der Waals surface area (Å²) in [5.74, 6) is -2.90. The van der Waals surface area contributed by atoms with Gasteiger partial charge >= 0.3 is 5.97 Å². The Morgan fingerprint density at radius 3 is 2.29 bits per heavy atom. The third-order valence-electron chi connectivity index (χ3n) is 3.69. The number of hydrogen-bond acceptors (Lipinski definition) is 6. The van der Waals surface area contributed by atoms with Crippen LogP contribution in [-0.2, 0) is 4.74 Å². The van der Waals surface area contributed by atoms with E-state index < -0.39 is 29.2 Å². The molecule has 0 saturated carbocycles. The third kappa shape index (κ3) is 4.09. The molecule has 0 aliphatic rings.